The van der Waals surface area contributed by atoms with Crippen molar-refractivity contribution < 1.29 is 9.47 Å². The van der Waals surface area contributed by atoms with Crippen LogP contribution >= 0.6 is 0 Å². The van der Waals surface area contributed by atoms with Crippen LogP contribution in [-0.4, -0.2) is 65.9 Å². The van der Waals surface area contributed by atoms with E-state index in [0.29, 0.717) is 23.6 Å². The van der Waals surface area contributed by atoms with Gasteiger partial charge in [-0.2, -0.15) is 0 Å². The lowest BCUT2D eigenvalue weighted by molar-refractivity contribution is 0.209. The molecule has 7 heteroatoms. The van der Waals surface area contributed by atoms with E-state index < -0.39 is 0 Å². The number of fused-ring (bicyclic) bond motifs is 1. The zero-order chi connectivity index (χ0) is 25.5. The van der Waals surface area contributed by atoms with Crippen LogP contribution in [0.1, 0.15) is 32.7 Å². The molecule has 0 unspecified atom stereocenters. The second kappa shape index (κ2) is 9.71. The molecule has 7 nitrogen and oxygen atoms in total. The van der Waals surface area contributed by atoms with Gasteiger partial charge >= 0.3 is 0 Å². The van der Waals surface area contributed by atoms with Gasteiger partial charge < -0.3 is 18.9 Å². The molecule has 4 aromatic rings. The number of methoxy groups -OCH3 is 2. The number of hydrogen-bond donors (Lipinski definition) is 0. The molecule has 2 fully saturated rings. The fourth-order valence-electron chi connectivity index (χ4n) is 5.38. The summed E-state index contributed by atoms with van der Waals surface area (Å²) in [5.41, 5.74) is 6.45. The smallest absolute Gasteiger partial charge is 0.178 e. The zero-order valence-electron chi connectivity index (χ0n) is 22.1. The standard InChI is InChI=1S/C30H35N5O2/c1-20(2)33-13-15-34(16-14-33)24-8-5-21(6-9-24)23-17-26-29(31-19-23)32-30(35(26)25-10-11-25)22-7-12-27(36-3)28(18-22)37-4/h5-9,12,17-20,25H,10-11,13-16H2,1-4H3. The Hall–Kier alpha value is -3.58. The van der Waals surface area contributed by atoms with E-state index in [1.54, 1.807) is 14.2 Å². The van der Waals surface area contributed by atoms with Gasteiger partial charge in [-0.3, -0.25) is 4.90 Å². The molecule has 192 valence electrons. The Morgan fingerprint density at radius 3 is 2.16 bits per heavy atom. The van der Waals surface area contributed by atoms with Crippen molar-refractivity contribution in [3.63, 3.8) is 0 Å². The number of piperazine rings is 1. The normalized spacial score (nSPS) is 16.5. The quantitative estimate of drug-likeness (QED) is 0.329. The number of ether oxygens (including phenoxy) is 2. The first-order chi connectivity index (χ1) is 18.1. The van der Waals surface area contributed by atoms with Crippen molar-refractivity contribution in [3.8, 4) is 34.0 Å². The number of aromatic nitrogens is 3. The summed E-state index contributed by atoms with van der Waals surface area (Å²) in [6.07, 6.45) is 4.27. The average Bonchev–Trinajstić information content (AvgIpc) is 3.71. The molecule has 1 saturated heterocycles. The Labute approximate surface area is 218 Å². The maximum Gasteiger partial charge on any atom is 0.178 e. The van der Waals surface area contributed by atoms with Crippen molar-refractivity contribution in [1.29, 1.82) is 0 Å². The zero-order valence-corrected chi connectivity index (χ0v) is 22.1. The van der Waals surface area contributed by atoms with Gasteiger partial charge in [-0.05, 0) is 68.7 Å². The van der Waals surface area contributed by atoms with E-state index in [2.05, 4.69) is 58.5 Å². The van der Waals surface area contributed by atoms with Crippen molar-refractivity contribution in [2.75, 3.05) is 45.3 Å². The molecular weight excluding hydrogens is 462 g/mol. The monoisotopic (exact) mass is 497 g/mol. The van der Waals surface area contributed by atoms with Crippen LogP contribution < -0.4 is 14.4 Å². The molecule has 2 aromatic heterocycles. The minimum absolute atomic E-state index is 0.456. The number of rotatable bonds is 7. The lowest BCUT2D eigenvalue weighted by atomic mass is 10.1. The maximum atomic E-state index is 5.55. The van der Waals surface area contributed by atoms with Crippen LogP contribution in [0.15, 0.2) is 54.7 Å². The maximum absolute atomic E-state index is 5.55. The summed E-state index contributed by atoms with van der Waals surface area (Å²) in [7, 11) is 3.32. The topological polar surface area (TPSA) is 55.7 Å². The van der Waals surface area contributed by atoms with E-state index in [1.807, 2.05) is 24.4 Å². The van der Waals surface area contributed by atoms with Gasteiger partial charge in [0.1, 0.15) is 5.82 Å². The third kappa shape index (κ3) is 4.53. The summed E-state index contributed by atoms with van der Waals surface area (Å²) in [4.78, 5) is 14.8. The highest BCUT2D eigenvalue weighted by Crippen LogP contribution is 2.43. The molecule has 0 spiro atoms. The molecule has 0 radical (unpaired) electrons. The molecule has 2 aliphatic rings. The first-order valence-corrected chi connectivity index (χ1v) is 13.3. The third-order valence-corrected chi connectivity index (χ3v) is 7.71. The van der Waals surface area contributed by atoms with E-state index in [0.717, 1.165) is 67.1 Å². The molecule has 0 amide bonds. The van der Waals surface area contributed by atoms with Crippen LogP contribution in [0.4, 0.5) is 5.69 Å². The Morgan fingerprint density at radius 1 is 0.811 bits per heavy atom. The van der Waals surface area contributed by atoms with Gasteiger partial charge in [0.15, 0.2) is 17.1 Å². The largest absolute Gasteiger partial charge is 0.493 e. The van der Waals surface area contributed by atoms with Crippen LogP contribution in [0.2, 0.25) is 0 Å². The molecule has 0 bridgehead atoms. The number of imidazole rings is 1. The lowest BCUT2D eigenvalue weighted by Gasteiger charge is -2.38. The van der Waals surface area contributed by atoms with Gasteiger partial charge in [-0.1, -0.05) is 12.1 Å². The molecule has 6 rings (SSSR count). The highest BCUT2D eigenvalue weighted by molar-refractivity contribution is 5.83. The molecule has 0 N–H and O–H groups in total. The molecular formula is C30H35N5O2. The summed E-state index contributed by atoms with van der Waals surface area (Å²) < 4.78 is 13.3. The Morgan fingerprint density at radius 2 is 1.51 bits per heavy atom. The second-order valence-corrected chi connectivity index (χ2v) is 10.3. The van der Waals surface area contributed by atoms with Crippen molar-refractivity contribution >= 4 is 16.9 Å². The first-order valence-electron chi connectivity index (χ1n) is 13.3. The van der Waals surface area contributed by atoms with Crippen molar-refractivity contribution in [3.05, 3.63) is 54.7 Å². The molecule has 0 atom stereocenters. The van der Waals surface area contributed by atoms with Gasteiger partial charge in [0.05, 0.1) is 19.7 Å². The van der Waals surface area contributed by atoms with E-state index >= 15 is 0 Å². The van der Waals surface area contributed by atoms with Gasteiger partial charge in [-0.15, -0.1) is 0 Å². The van der Waals surface area contributed by atoms with E-state index in [-0.39, 0.29) is 0 Å². The molecule has 1 aliphatic heterocycles. The number of pyridine rings is 1. The van der Waals surface area contributed by atoms with Crippen molar-refractivity contribution in [1.82, 2.24) is 19.4 Å². The molecule has 2 aromatic carbocycles. The first kappa shape index (κ1) is 23.8. The predicted molar refractivity (Wildman–Crippen MR) is 149 cm³/mol. The summed E-state index contributed by atoms with van der Waals surface area (Å²) >= 11 is 0. The van der Waals surface area contributed by atoms with Gasteiger partial charge in [0.25, 0.3) is 0 Å². The Balaban J connectivity index is 1.31. The number of benzene rings is 2. The Kier molecular flexibility index (Phi) is 6.24. The molecule has 1 aliphatic carbocycles. The summed E-state index contributed by atoms with van der Waals surface area (Å²) in [5.74, 6) is 2.35. The SMILES string of the molecule is COc1ccc(-c2nc3ncc(-c4ccc(N5CCN(C(C)C)CC5)cc4)cc3n2C2CC2)cc1OC. The minimum Gasteiger partial charge on any atom is -0.493 e. The molecule has 1 saturated carbocycles. The van der Waals surface area contributed by atoms with Crippen LogP contribution in [0.25, 0.3) is 33.7 Å². The average molecular weight is 498 g/mol. The lowest BCUT2D eigenvalue weighted by Crippen LogP contribution is -2.48. The molecule has 3 heterocycles. The second-order valence-electron chi connectivity index (χ2n) is 10.3. The van der Waals surface area contributed by atoms with E-state index in [9.17, 15) is 0 Å². The summed E-state index contributed by atoms with van der Waals surface area (Å²) in [6, 6.07) is 18.2. The highest BCUT2D eigenvalue weighted by Gasteiger charge is 2.29. The number of nitrogens with zero attached hydrogens (tertiary/aromatic N) is 5. The van der Waals surface area contributed by atoms with Crippen LogP contribution in [-0.2, 0) is 0 Å². The predicted octanol–water partition coefficient (Wildman–Crippen LogP) is 5.65. The third-order valence-electron chi connectivity index (χ3n) is 7.71. The Bertz CT molecular complexity index is 1400. The van der Waals surface area contributed by atoms with Gasteiger partial charge in [0, 0.05) is 61.3 Å². The van der Waals surface area contributed by atoms with E-state index in [4.69, 9.17) is 19.4 Å². The van der Waals surface area contributed by atoms with E-state index in [1.165, 1.54) is 11.3 Å². The summed E-state index contributed by atoms with van der Waals surface area (Å²) in [6.45, 7) is 8.94. The minimum atomic E-state index is 0.456. The van der Waals surface area contributed by atoms with Crippen LogP contribution in [0.3, 0.4) is 0 Å². The highest BCUT2D eigenvalue weighted by atomic mass is 16.5. The van der Waals surface area contributed by atoms with Crippen LogP contribution in [0, 0.1) is 0 Å². The van der Waals surface area contributed by atoms with Crippen molar-refractivity contribution in [2.45, 2.75) is 38.8 Å². The fraction of sp³-hybridized carbons (Fsp3) is 0.400. The number of hydrogen-bond acceptors (Lipinski definition) is 6. The van der Waals surface area contributed by atoms with Crippen molar-refractivity contribution in [2.24, 2.45) is 0 Å². The summed E-state index contributed by atoms with van der Waals surface area (Å²) in [5, 5.41) is 0. The fourth-order valence-corrected chi connectivity index (χ4v) is 5.38. The van der Waals surface area contributed by atoms with Crippen LogP contribution in [0.5, 0.6) is 11.5 Å². The van der Waals surface area contributed by atoms with Gasteiger partial charge in [0.2, 0.25) is 0 Å². The van der Waals surface area contributed by atoms with Gasteiger partial charge in [-0.25, -0.2) is 9.97 Å². The number of anilines is 1. The molecule has 37 heavy (non-hydrogen) atoms.